The average molecular weight is 305 g/mol. The summed E-state index contributed by atoms with van der Waals surface area (Å²) in [6.07, 6.45) is 0. The van der Waals surface area contributed by atoms with Crippen molar-refractivity contribution in [3.05, 3.63) is 54.1 Å². The van der Waals surface area contributed by atoms with Gasteiger partial charge < -0.3 is 4.98 Å². The Hall–Kier alpha value is -2.41. The van der Waals surface area contributed by atoms with Gasteiger partial charge in [0.05, 0.1) is 21.6 Å². The van der Waals surface area contributed by atoms with Crippen LogP contribution in [-0.4, -0.2) is 18.4 Å². The molecule has 0 atom stereocenters. The highest BCUT2D eigenvalue weighted by atomic mass is 32.2. The molecule has 0 saturated heterocycles. The molecule has 108 valence electrons. The molecule has 0 spiro atoms. The molecule has 0 radical (unpaired) electrons. The highest BCUT2D eigenvalue weighted by Gasteiger charge is 2.15. The fourth-order valence-electron chi connectivity index (χ4n) is 2.05. The van der Waals surface area contributed by atoms with E-state index in [0.29, 0.717) is 16.9 Å². The van der Waals surface area contributed by atoms with Crippen molar-refractivity contribution in [1.29, 1.82) is 0 Å². The van der Waals surface area contributed by atoms with Gasteiger partial charge in [-0.15, -0.1) is 0 Å². The highest BCUT2D eigenvalue weighted by Crippen LogP contribution is 2.20. The summed E-state index contributed by atoms with van der Waals surface area (Å²) in [5.74, 6) is 0.201. The molecule has 0 bridgehead atoms. The minimum Gasteiger partial charge on any atom is -0.342 e. The van der Waals surface area contributed by atoms with Crippen LogP contribution < -0.4 is 4.72 Å². The maximum Gasteiger partial charge on any atom is 0.261 e. The van der Waals surface area contributed by atoms with E-state index in [9.17, 15) is 12.8 Å². The van der Waals surface area contributed by atoms with E-state index in [-0.39, 0.29) is 10.6 Å². The van der Waals surface area contributed by atoms with Crippen molar-refractivity contribution >= 4 is 26.7 Å². The van der Waals surface area contributed by atoms with E-state index in [2.05, 4.69) is 14.7 Å². The Kier molecular flexibility index (Phi) is 3.13. The second-order valence-corrected chi connectivity index (χ2v) is 6.30. The summed E-state index contributed by atoms with van der Waals surface area (Å²) in [5, 5.41) is 0. The van der Waals surface area contributed by atoms with Crippen molar-refractivity contribution in [2.45, 2.75) is 11.8 Å². The Morgan fingerprint density at radius 1 is 1.19 bits per heavy atom. The average Bonchev–Trinajstić information content (AvgIpc) is 2.77. The van der Waals surface area contributed by atoms with Gasteiger partial charge in [0.1, 0.15) is 11.6 Å². The van der Waals surface area contributed by atoms with Crippen molar-refractivity contribution in [3.8, 4) is 0 Å². The Balaban J connectivity index is 1.99. The maximum atomic E-state index is 13.1. The second kappa shape index (κ2) is 4.85. The standard InChI is InChI=1S/C14H12FN3O2S/c1-9-16-13-6-5-12(8-14(13)17-9)21(19,20)18-11-4-2-3-10(15)7-11/h2-8,18H,1H3,(H,16,17). The maximum absolute atomic E-state index is 13.1. The lowest BCUT2D eigenvalue weighted by atomic mass is 10.3. The molecule has 0 saturated carbocycles. The lowest BCUT2D eigenvalue weighted by Crippen LogP contribution is -2.12. The molecular weight excluding hydrogens is 293 g/mol. The molecule has 3 rings (SSSR count). The van der Waals surface area contributed by atoms with Crippen LogP contribution in [-0.2, 0) is 10.0 Å². The molecule has 0 aliphatic carbocycles. The number of fused-ring (bicyclic) bond motifs is 1. The number of rotatable bonds is 3. The summed E-state index contributed by atoms with van der Waals surface area (Å²) >= 11 is 0. The van der Waals surface area contributed by atoms with E-state index in [4.69, 9.17) is 0 Å². The van der Waals surface area contributed by atoms with E-state index >= 15 is 0 Å². The lowest BCUT2D eigenvalue weighted by Gasteiger charge is -2.08. The molecule has 7 heteroatoms. The van der Waals surface area contributed by atoms with Gasteiger partial charge in [0.2, 0.25) is 0 Å². The third kappa shape index (κ3) is 2.73. The van der Waals surface area contributed by atoms with E-state index in [1.807, 2.05) is 0 Å². The first-order valence-corrected chi connectivity index (χ1v) is 7.67. The number of halogens is 1. The number of nitrogens with one attached hydrogen (secondary N) is 2. The smallest absolute Gasteiger partial charge is 0.261 e. The molecule has 1 heterocycles. The number of H-pyrrole nitrogens is 1. The topological polar surface area (TPSA) is 74.8 Å². The number of sulfonamides is 1. The van der Waals surface area contributed by atoms with Crippen LogP contribution in [0.25, 0.3) is 11.0 Å². The molecule has 1 aromatic heterocycles. The van der Waals surface area contributed by atoms with Crippen LogP contribution in [0, 0.1) is 12.7 Å². The monoisotopic (exact) mass is 305 g/mol. The minimum atomic E-state index is -3.78. The van der Waals surface area contributed by atoms with E-state index in [1.165, 1.54) is 30.3 Å². The number of benzene rings is 2. The first kappa shape index (κ1) is 13.6. The molecule has 0 aliphatic heterocycles. The van der Waals surface area contributed by atoms with Crippen molar-refractivity contribution in [2.24, 2.45) is 0 Å². The van der Waals surface area contributed by atoms with Crippen LogP contribution in [0.2, 0.25) is 0 Å². The molecule has 0 aliphatic rings. The van der Waals surface area contributed by atoms with Crippen LogP contribution in [0.5, 0.6) is 0 Å². The molecule has 2 aromatic carbocycles. The molecule has 0 amide bonds. The summed E-state index contributed by atoms with van der Waals surface area (Å²) in [7, 11) is -3.78. The number of nitrogens with zero attached hydrogens (tertiary/aromatic N) is 1. The summed E-state index contributed by atoms with van der Waals surface area (Å²) in [6, 6.07) is 9.88. The Morgan fingerprint density at radius 3 is 2.76 bits per heavy atom. The van der Waals surface area contributed by atoms with Gasteiger partial charge in [-0.1, -0.05) is 6.07 Å². The molecule has 5 nitrogen and oxygen atoms in total. The van der Waals surface area contributed by atoms with Crippen molar-refractivity contribution in [3.63, 3.8) is 0 Å². The largest absolute Gasteiger partial charge is 0.342 e. The summed E-state index contributed by atoms with van der Waals surface area (Å²) in [4.78, 5) is 7.28. The minimum absolute atomic E-state index is 0.0860. The van der Waals surface area contributed by atoms with E-state index < -0.39 is 15.8 Å². The van der Waals surface area contributed by atoms with Crippen LogP contribution in [0.3, 0.4) is 0 Å². The van der Waals surface area contributed by atoms with Crippen LogP contribution >= 0.6 is 0 Å². The second-order valence-electron chi connectivity index (χ2n) is 4.62. The number of aryl methyl sites for hydroxylation is 1. The highest BCUT2D eigenvalue weighted by molar-refractivity contribution is 7.92. The van der Waals surface area contributed by atoms with Crippen LogP contribution in [0.4, 0.5) is 10.1 Å². The Morgan fingerprint density at radius 2 is 2.00 bits per heavy atom. The number of hydrogen-bond donors (Lipinski definition) is 2. The van der Waals surface area contributed by atoms with Crippen LogP contribution in [0.15, 0.2) is 47.4 Å². The van der Waals surface area contributed by atoms with E-state index in [1.54, 1.807) is 13.0 Å². The van der Waals surface area contributed by atoms with Crippen molar-refractivity contribution in [2.75, 3.05) is 4.72 Å². The lowest BCUT2D eigenvalue weighted by molar-refractivity contribution is 0.601. The zero-order valence-electron chi connectivity index (χ0n) is 11.1. The number of hydrogen-bond acceptors (Lipinski definition) is 3. The van der Waals surface area contributed by atoms with Gasteiger partial charge in [-0.2, -0.15) is 0 Å². The Bertz CT molecular complexity index is 919. The SMILES string of the molecule is Cc1nc2ccc(S(=O)(=O)Nc3cccc(F)c3)cc2[nH]1. The van der Waals surface area contributed by atoms with Gasteiger partial charge in [0.25, 0.3) is 10.0 Å². The van der Waals surface area contributed by atoms with Gasteiger partial charge in [-0.25, -0.2) is 17.8 Å². The first-order valence-electron chi connectivity index (χ1n) is 6.19. The zero-order chi connectivity index (χ0) is 15.0. The molecule has 0 fully saturated rings. The molecular formula is C14H12FN3O2S. The third-order valence-electron chi connectivity index (χ3n) is 2.96. The van der Waals surface area contributed by atoms with Crippen molar-refractivity contribution < 1.29 is 12.8 Å². The normalized spacial score (nSPS) is 11.7. The number of anilines is 1. The first-order chi connectivity index (χ1) is 9.94. The van der Waals surface area contributed by atoms with Gasteiger partial charge >= 0.3 is 0 Å². The number of aromatic amines is 1. The third-order valence-corrected chi connectivity index (χ3v) is 4.34. The molecule has 2 N–H and O–H groups in total. The fourth-order valence-corrected chi connectivity index (χ4v) is 3.12. The molecule has 21 heavy (non-hydrogen) atoms. The fraction of sp³-hybridized carbons (Fsp3) is 0.0714. The van der Waals surface area contributed by atoms with E-state index in [0.717, 1.165) is 6.07 Å². The number of aromatic nitrogens is 2. The summed E-state index contributed by atoms with van der Waals surface area (Å²) in [6.45, 7) is 1.79. The van der Waals surface area contributed by atoms with Gasteiger partial charge in [-0.3, -0.25) is 4.72 Å². The zero-order valence-corrected chi connectivity index (χ0v) is 11.9. The van der Waals surface area contributed by atoms with Gasteiger partial charge in [0, 0.05) is 0 Å². The van der Waals surface area contributed by atoms with Gasteiger partial charge in [-0.05, 0) is 43.3 Å². The number of imidazole rings is 1. The molecule has 0 unspecified atom stereocenters. The predicted molar refractivity (Wildman–Crippen MR) is 78.0 cm³/mol. The quantitative estimate of drug-likeness (QED) is 0.781. The summed E-state index contributed by atoms with van der Waals surface area (Å²) < 4.78 is 40.0. The predicted octanol–water partition coefficient (Wildman–Crippen LogP) is 2.81. The molecule has 3 aromatic rings. The summed E-state index contributed by atoms with van der Waals surface area (Å²) in [5.41, 5.74) is 1.50. The van der Waals surface area contributed by atoms with Crippen LogP contribution in [0.1, 0.15) is 5.82 Å². The van der Waals surface area contributed by atoms with Crippen molar-refractivity contribution in [1.82, 2.24) is 9.97 Å². The van der Waals surface area contributed by atoms with Gasteiger partial charge in [0.15, 0.2) is 0 Å². The Labute approximate surface area is 120 Å².